The maximum absolute atomic E-state index is 13.9. The van der Waals surface area contributed by atoms with Gasteiger partial charge in [0.05, 0.1) is 6.10 Å². The highest BCUT2D eigenvalue weighted by Gasteiger charge is 2.26. The van der Waals surface area contributed by atoms with E-state index in [2.05, 4.69) is 5.32 Å². The van der Waals surface area contributed by atoms with Crippen molar-refractivity contribution in [3.05, 3.63) is 29.6 Å². The molecule has 1 aromatic carbocycles. The van der Waals surface area contributed by atoms with Gasteiger partial charge in [-0.3, -0.25) is 4.79 Å². The summed E-state index contributed by atoms with van der Waals surface area (Å²) < 4.78 is 13.9. The molecule has 0 saturated carbocycles. The van der Waals surface area contributed by atoms with Crippen molar-refractivity contribution in [2.24, 2.45) is 5.92 Å². The third kappa shape index (κ3) is 2.93. The minimum absolute atomic E-state index is 0.0276. The van der Waals surface area contributed by atoms with Gasteiger partial charge in [0.15, 0.2) is 0 Å². The van der Waals surface area contributed by atoms with E-state index >= 15 is 0 Å². The fraction of sp³-hybridized carbons (Fsp3) is 0.533. The lowest BCUT2D eigenvalue weighted by molar-refractivity contribution is -0.125. The maximum atomic E-state index is 13.9. The SMILES string of the molecule is CNC(=O)C1CCN(c2cccc(F)c2[C@H](C)O)CC1. The normalized spacial score (nSPS) is 17.9. The van der Waals surface area contributed by atoms with Crippen molar-refractivity contribution >= 4 is 11.6 Å². The lowest BCUT2D eigenvalue weighted by Gasteiger charge is -2.34. The lowest BCUT2D eigenvalue weighted by atomic mass is 9.94. The molecule has 0 radical (unpaired) electrons. The molecule has 4 nitrogen and oxygen atoms in total. The molecule has 2 rings (SSSR count). The number of carbonyl (C=O) groups is 1. The van der Waals surface area contributed by atoms with Crippen LogP contribution in [0.3, 0.4) is 0 Å². The van der Waals surface area contributed by atoms with Gasteiger partial charge in [0, 0.05) is 37.3 Å². The standard InChI is InChI=1S/C15H21FN2O2/c1-10(19)14-12(16)4-3-5-13(14)18-8-6-11(7-9-18)15(20)17-2/h3-5,10-11,19H,6-9H2,1-2H3,(H,17,20)/t10-/m0/s1. The number of aliphatic hydroxyl groups is 1. The molecule has 2 N–H and O–H groups in total. The third-order valence-corrected chi connectivity index (χ3v) is 3.90. The van der Waals surface area contributed by atoms with Crippen molar-refractivity contribution in [2.45, 2.75) is 25.9 Å². The van der Waals surface area contributed by atoms with E-state index in [4.69, 9.17) is 0 Å². The van der Waals surface area contributed by atoms with Crippen molar-refractivity contribution in [2.75, 3.05) is 25.0 Å². The van der Waals surface area contributed by atoms with E-state index in [0.29, 0.717) is 18.7 Å². The topological polar surface area (TPSA) is 52.6 Å². The first kappa shape index (κ1) is 14.8. The van der Waals surface area contributed by atoms with E-state index < -0.39 is 6.10 Å². The number of anilines is 1. The van der Waals surface area contributed by atoms with Gasteiger partial charge in [0.2, 0.25) is 5.91 Å². The van der Waals surface area contributed by atoms with Crippen molar-refractivity contribution in [3.63, 3.8) is 0 Å². The molecule has 1 saturated heterocycles. The fourth-order valence-corrected chi connectivity index (χ4v) is 2.80. The molecule has 1 atom stereocenters. The van der Waals surface area contributed by atoms with Gasteiger partial charge < -0.3 is 15.3 Å². The van der Waals surface area contributed by atoms with E-state index in [-0.39, 0.29) is 17.6 Å². The van der Waals surface area contributed by atoms with Crippen molar-refractivity contribution < 1.29 is 14.3 Å². The van der Waals surface area contributed by atoms with Crippen LogP contribution < -0.4 is 10.2 Å². The molecular weight excluding hydrogens is 259 g/mol. The number of benzene rings is 1. The number of nitrogens with zero attached hydrogens (tertiary/aromatic N) is 1. The number of rotatable bonds is 3. The van der Waals surface area contributed by atoms with Crippen LogP contribution in [0.5, 0.6) is 0 Å². The average molecular weight is 280 g/mol. The Balaban J connectivity index is 2.15. The zero-order valence-electron chi connectivity index (χ0n) is 11.9. The molecule has 1 heterocycles. The minimum Gasteiger partial charge on any atom is -0.389 e. The molecule has 5 heteroatoms. The van der Waals surface area contributed by atoms with Crippen molar-refractivity contribution in [1.82, 2.24) is 5.32 Å². The number of hydrogen-bond donors (Lipinski definition) is 2. The first-order valence-electron chi connectivity index (χ1n) is 6.97. The Bertz CT molecular complexity index is 483. The second kappa shape index (κ2) is 6.22. The summed E-state index contributed by atoms with van der Waals surface area (Å²) in [7, 11) is 1.65. The predicted molar refractivity (Wildman–Crippen MR) is 76.0 cm³/mol. The van der Waals surface area contributed by atoms with Crippen LogP contribution >= 0.6 is 0 Å². The second-order valence-corrected chi connectivity index (χ2v) is 5.22. The zero-order valence-corrected chi connectivity index (χ0v) is 11.9. The number of carbonyl (C=O) groups excluding carboxylic acids is 1. The highest BCUT2D eigenvalue weighted by atomic mass is 19.1. The first-order valence-corrected chi connectivity index (χ1v) is 6.97. The molecule has 0 aliphatic carbocycles. The van der Waals surface area contributed by atoms with Crippen LogP contribution in [0.15, 0.2) is 18.2 Å². The smallest absolute Gasteiger partial charge is 0.222 e. The quantitative estimate of drug-likeness (QED) is 0.888. The summed E-state index contributed by atoms with van der Waals surface area (Å²) in [5.74, 6) is -0.287. The Kier molecular flexibility index (Phi) is 4.60. The van der Waals surface area contributed by atoms with E-state index in [9.17, 15) is 14.3 Å². The van der Waals surface area contributed by atoms with Gasteiger partial charge in [0.1, 0.15) is 5.82 Å². The van der Waals surface area contributed by atoms with E-state index in [1.165, 1.54) is 6.07 Å². The predicted octanol–water partition coefficient (Wildman–Crippen LogP) is 1.84. The molecule has 1 aliphatic rings. The Morgan fingerprint density at radius 3 is 2.65 bits per heavy atom. The van der Waals surface area contributed by atoms with Gasteiger partial charge in [-0.25, -0.2) is 4.39 Å². The molecule has 1 fully saturated rings. The number of hydrogen-bond acceptors (Lipinski definition) is 3. The van der Waals surface area contributed by atoms with Gasteiger partial charge in [-0.1, -0.05) is 6.07 Å². The van der Waals surface area contributed by atoms with Crippen LogP contribution in [0.2, 0.25) is 0 Å². The number of halogens is 1. The average Bonchev–Trinajstić information content (AvgIpc) is 2.46. The third-order valence-electron chi connectivity index (χ3n) is 3.90. The molecule has 1 aromatic rings. The minimum atomic E-state index is -0.845. The Morgan fingerprint density at radius 1 is 1.45 bits per heavy atom. The highest BCUT2D eigenvalue weighted by molar-refractivity contribution is 5.78. The lowest BCUT2D eigenvalue weighted by Crippen LogP contribution is -2.40. The second-order valence-electron chi connectivity index (χ2n) is 5.22. The van der Waals surface area contributed by atoms with Gasteiger partial charge >= 0.3 is 0 Å². The molecule has 20 heavy (non-hydrogen) atoms. The summed E-state index contributed by atoms with van der Waals surface area (Å²) in [5.41, 5.74) is 1.07. The summed E-state index contributed by atoms with van der Waals surface area (Å²) >= 11 is 0. The summed E-state index contributed by atoms with van der Waals surface area (Å²) in [5, 5.41) is 12.4. The van der Waals surface area contributed by atoms with E-state index in [0.717, 1.165) is 18.5 Å². The van der Waals surface area contributed by atoms with Crippen LogP contribution in [0.25, 0.3) is 0 Å². The molecule has 0 unspecified atom stereocenters. The van der Waals surface area contributed by atoms with Gasteiger partial charge in [-0.15, -0.1) is 0 Å². The molecule has 0 bridgehead atoms. The Hall–Kier alpha value is -1.62. The maximum Gasteiger partial charge on any atom is 0.222 e. The molecule has 1 aliphatic heterocycles. The number of piperidine rings is 1. The van der Waals surface area contributed by atoms with E-state index in [1.54, 1.807) is 20.0 Å². The van der Waals surface area contributed by atoms with Crippen LogP contribution in [-0.4, -0.2) is 31.2 Å². The van der Waals surface area contributed by atoms with Crippen LogP contribution in [0.1, 0.15) is 31.4 Å². The zero-order chi connectivity index (χ0) is 14.7. The van der Waals surface area contributed by atoms with Crippen molar-refractivity contribution in [3.8, 4) is 0 Å². The largest absolute Gasteiger partial charge is 0.389 e. The van der Waals surface area contributed by atoms with Crippen molar-refractivity contribution in [1.29, 1.82) is 0 Å². The highest BCUT2D eigenvalue weighted by Crippen LogP contribution is 2.31. The summed E-state index contributed by atoms with van der Waals surface area (Å²) in [6.45, 7) is 2.96. The van der Waals surface area contributed by atoms with Crippen LogP contribution in [0.4, 0.5) is 10.1 Å². The summed E-state index contributed by atoms with van der Waals surface area (Å²) in [6, 6.07) is 4.84. The molecule has 110 valence electrons. The molecular formula is C15H21FN2O2. The van der Waals surface area contributed by atoms with Gasteiger partial charge in [-0.05, 0) is 31.9 Å². The number of amides is 1. The molecule has 1 amide bonds. The van der Waals surface area contributed by atoms with Crippen LogP contribution in [-0.2, 0) is 4.79 Å². The molecule has 0 spiro atoms. The molecule has 0 aromatic heterocycles. The number of aliphatic hydroxyl groups excluding tert-OH is 1. The first-order chi connectivity index (χ1) is 9.54. The summed E-state index contributed by atoms with van der Waals surface area (Å²) in [4.78, 5) is 13.7. The van der Waals surface area contributed by atoms with Crippen LogP contribution in [0, 0.1) is 11.7 Å². The summed E-state index contributed by atoms with van der Waals surface area (Å²) in [6.07, 6.45) is 0.646. The fourth-order valence-electron chi connectivity index (χ4n) is 2.80. The van der Waals surface area contributed by atoms with Gasteiger partial charge in [-0.2, -0.15) is 0 Å². The Morgan fingerprint density at radius 2 is 2.10 bits per heavy atom. The van der Waals surface area contributed by atoms with E-state index in [1.807, 2.05) is 11.0 Å². The Labute approximate surface area is 118 Å². The van der Waals surface area contributed by atoms with Gasteiger partial charge in [0.25, 0.3) is 0 Å². The monoisotopic (exact) mass is 280 g/mol. The number of nitrogens with one attached hydrogen (secondary N) is 1.